The second kappa shape index (κ2) is 6.29. The van der Waals surface area contributed by atoms with Gasteiger partial charge in [0.1, 0.15) is 11.9 Å². The van der Waals surface area contributed by atoms with Crippen molar-refractivity contribution >= 4 is 23.5 Å². The number of nitrogens with one attached hydrogen (secondary N) is 1. The maximum Gasteiger partial charge on any atom is 0.227 e. The normalized spacial score (nSPS) is 22.4. The maximum absolute atomic E-state index is 13.4. The van der Waals surface area contributed by atoms with Crippen LogP contribution in [0.25, 0.3) is 0 Å². The van der Waals surface area contributed by atoms with Crippen molar-refractivity contribution in [1.82, 2.24) is 14.8 Å². The van der Waals surface area contributed by atoms with Crippen molar-refractivity contribution in [3.8, 4) is 0 Å². The highest BCUT2D eigenvalue weighted by atomic mass is 32.2. The van der Waals surface area contributed by atoms with E-state index in [4.69, 9.17) is 0 Å². The van der Waals surface area contributed by atoms with Crippen LogP contribution in [0.3, 0.4) is 0 Å². The van der Waals surface area contributed by atoms with Gasteiger partial charge in [0.2, 0.25) is 11.1 Å². The third kappa shape index (κ3) is 2.86. The molecule has 0 saturated heterocycles. The summed E-state index contributed by atoms with van der Waals surface area (Å²) >= 11 is 1.56. The van der Waals surface area contributed by atoms with Crippen LogP contribution in [0.2, 0.25) is 0 Å². The van der Waals surface area contributed by atoms with E-state index in [0.29, 0.717) is 23.4 Å². The minimum atomic E-state index is -0.356. The van der Waals surface area contributed by atoms with Crippen LogP contribution in [-0.4, -0.2) is 26.3 Å². The van der Waals surface area contributed by atoms with E-state index < -0.39 is 0 Å². The molecule has 25 heavy (non-hydrogen) atoms. The molecule has 0 radical (unpaired) electrons. The Balaban J connectivity index is 1.86. The molecular formula is C18H19FN4OS. The van der Waals surface area contributed by atoms with Gasteiger partial charge in [0.15, 0.2) is 5.78 Å². The molecule has 1 aliphatic carbocycles. The molecule has 4 rings (SSSR count). The van der Waals surface area contributed by atoms with Crippen molar-refractivity contribution in [3.05, 3.63) is 46.9 Å². The van der Waals surface area contributed by atoms with Crippen LogP contribution in [0.4, 0.5) is 10.3 Å². The molecule has 2 heterocycles. The van der Waals surface area contributed by atoms with Gasteiger partial charge in [0.25, 0.3) is 0 Å². The number of rotatable bonds is 3. The van der Waals surface area contributed by atoms with Crippen LogP contribution >= 0.6 is 11.8 Å². The van der Waals surface area contributed by atoms with E-state index in [1.165, 1.54) is 12.1 Å². The SMILES string of the molecule is CCSc1nc2n(n1)[C@@H](c1ccc(F)cc1)C1=C(C[C@H](C)CC1=O)N2. The zero-order valence-corrected chi connectivity index (χ0v) is 14.9. The number of hydrogen-bond acceptors (Lipinski definition) is 5. The monoisotopic (exact) mass is 358 g/mol. The summed E-state index contributed by atoms with van der Waals surface area (Å²) in [5.74, 6) is 1.64. The summed E-state index contributed by atoms with van der Waals surface area (Å²) < 4.78 is 15.1. The van der Waals surface area contributed by atoms with Crippen molar-refractivity contribution in [2.24, 2.45) is 5.92 Å². The third-order valence-electron chi connectivity index (χ3n) is 4.56. The Labute approximate surface area is 149 Å². The predicted octanol–water partition coefficient (Wildman–Crippen LogP) is 3.80. The lowest BCUT2D eigenvalue weighted by molar-refractivity contribution is -0.117. The molecule has 1 N–H and O–H groups in total. The summed E-state index contributed by atoms with van der Waals surface area (Å²) in [4.78, 5) is 17.4. The fraction of sp³-hybridized carbons (Fsp3) is 0.389. The van der Waals surface area contributed by atoms with Gasteiger partial charge in [0.05, 0.1) is 0 Å². The van der Waals surface area contributed by atoms with Crippen molar-refractivity contribution in [2.75, 3.05) is 11.1 Å². The number of fused-ring (bicyclic) bond motifs is 1. The quantitative estimate of drug-likeness (QED) is 0.846. The van der Waals surface area contributed by atoms with Crippen molar-refractivity contribution in [1.29, 1.82) is 0 Å². The van der Waals surface area contributed by atoms with E-state index in [9.17, 15) is 9.18 Å². The Kier molecular flexibility index (Phi) is 4.11. The van der Waals surface area contributed by atoms with Gasteiger partial charge in [0, 0.05) is 17.7 Å². The van der Waals surface area contributed by atoms with E-state index in [-0.39, 0.29) is 17.6 Å². The number of halogens is 1. The second-order valence-electron chi connectivity index (χ2n) is 6.50. The van der Waals surface area contributed by atoms with Crippen LogP contribution < -0.4 is 5.32 Å². The number of hydrogen-bond donors (Lipinski definition) is 1. The van der Waals surface area contributed by atoms with Crippen LogP contribution in [-0.2, 0) is 4.79 Å². The van der Waals surface area contributed by atoms with Gasteiger partial charge >= 0.3 is 0 Å². The summed E-state index contributed by atoms with van der Waals surface area (Å²) in [5, 5.41) is 8.58. The number of nitrogens with zero attached hydrogens (tertiary/aromatic N) is 3. The molecule has 2 aromatic rings. The van der Waals surface area contributed by atoms with Gasteiger partial charge in [-0.2, -0.15) is 4.98 Å². The first-order chi connectivity index (χ1) is 12.1. The minimum absolute atomic E-state index is 0.126. The van der Waals surface area contributed by atoms with E-state index in [0.717, 1.165) is 29.0 Å². The zero-order chi connectivity index (χ0) is 17.6. The predicted molar refractivity (Wildman–Crippen MR) is 95.0 cm³/mol. The smallest absolute Gasteiger partial charge is 0.227 e. The van der Waals surface area contributed by atoms with Gasteiger partial charge in [-0.25, -0.2) is 9.07 Å². The summed E-state index contributed by atoms with van der Waals surface area (Å²) in [6, 6.07) is 5.93. The molecule has 2 aliphatic rings. The number of benzene rings is 1. The Hall–Kier alpha value is -2.15. The summed E-state index contributed by atoms with van der Waals surface area (Å²) in [6.45, 7) is 4.12. The fourth-order valence-electron chi connectivity index (χ4n) is 3.53. The van der Waals surface area contributed by atoms with Crippen molar-refractivity contribution in [3.63, 3.8) is 0 Å². The average molecular weight is 358 g/mol. The molecule has 1 aromatic heterocycles. The summed E-state index contributed by atoms with van der Waals surface area (Å²) in [6.07, 6.45) is 1.33. The summed E-state index contributed by atoms with van der Waals surface area (Å²) in [7, 11) is 0. The lowest BCUT2D eigenvalue weighted by Gasteiger charge is -2.34. The number of aromatic nitrogens is 3. The van der Waals surface area contributed by atoms with Gasteiger partial charge in [-0.05, 0) is 35.8 Å². The molecule has 0 amide bonds. The molecule has 130 valence electrons. The molecule has 1 aromatic carbocycles. The number of thioether (sulfide) groups is 1. The molecule has 7 heteroatoms. The first kappa shape index (κ1) is 16.3. The Morgan fingerprint density at radius 2 is 2.08 bits per heavy atom. The topological polar surface area (TPSA) is 59.8 Å². The number of carbonyl (C=O) groups excluding carboxylic acids is 1. The average Bonchev–Trinajstić information content (AvgIpc) is 2.96. The molecule has 1 aliphatic heterocycles. The number of Topliss-reactive ketones (excluding diaryl/α,β-unsaturated/α-hetero) is 1. The van der Waals surface area contributed by atoms with Crippen molar-refractivity contribution in [2.45, 2.75) is 37.9 Å². The third-order valence-corrected chi connectivity index (χ3v) is 5.28. The first-order valence-electron chi connectivity index (χ1n) is 8.45. The highest BCUT2D eigenvalue weighted by molar-refractivity contribution is 7.99. The molecule has 0 unspecified atom stereocenters. The van der Waals surface area contributed by atoms with Crippen LogP contribution in [0.15, 0.2) is 40.7 Å². The van der Waals surface area contributed by atoms with Gasteiger partial charge in [-0.15, -0.1) is 5.10 Å². The van der Waals surface area contributed by atoms with Crippen LogP contribution in [0.1, 0.15) is 38.3 Å². The van der Waals surface area contributed by atoms with Crippen molar-refractivity contribution < 1.29 is 9.18 Å². The maximum atomic E-state index is 13.4. The van der Waals surface area contributed by atoms with E-state index in [1.54, 1.807) is 28.6 Å². The molecule has 0 fully saturated rings. The van der Waals surface area contributed by atoms with Gasteiger partial charge in [-0.1, -0.05) is 37.7 Å². The zero-order valence-electron chi connectivity index (χ0n) is 14.1. The lowest BCUT2D eigenvalue weighted by Crippen LogP contribution is -2.33. The Bertz CT molecular complexity index is 858. The number of carbonyl (C=O) groups is 1. The molecular weight excluding hydrogens is 339 g/mol. The molecule has 0 spiro atoms. The van der Waals surface area contributed by atoms with Gasteiger partial charge < -0.3 is 5.32 Å². The standard InChI is InChI=1S/C18H19FN4OS/c1-3-25-18-21-17-20-13-8-10(2)9-14(24)15(13)16(23(17)22-18)11-4-6-12(19)7-5-11/h4-7,10,16H,3,8-9H2,1-2H3,(H,20,21,22)/t10-,16-/m0/s1. The number of allylic oxidation sites excluding steroid dienone is 2. The molecule has 0 saturated carbocycles. The summed E-state index contributed by atoms with van der Waals surface area (Å²) in [5.41, 5.74) is 2.50. The Morgan fingerprint density at radius 1 is 1.32 bits per heavy atom. The highest BCUT2D eigenvalue weighted by Gasteiger charge is 2.38. The largest absolute Gasteiger partial charge is 0.328 e. The molecule has 2 atom stereocenters. The van der Waals surface area contributed by atoms with Crippen LogP contribution in [0.5, 0.6) is 0 Å². The second-order valence-corrected chi connectivity index (χ2v) is 7.73. The van der Waals surface area contributed by atoms with E-state index >= 15 is 0 Å². The van der Waals surface area contributed by atoms with Gasteiger partial charge in [-0.3, -0.25) is 4.79 Å². The van der Waals surface area contributed by atoms with E-state index in [1.807, 2.05) is 6.92 Å². The van der Waals surface area contributed by atoms with E-state index in [2.05, 4.69) is 22.3 Å². The molecule has 0 bridgehead atoms. The molecule has 5 nitrogen and oxygen atoms in total. The first-order valence-corrected chi connectivity index (χ1v) is 9.43. The number of anilines is 1. The Morgan fingerprint density at radius 3 is 2.80 bits per heavy atom. The number of ketones is 1. The fourth-order valence-corrected chi connectivity index (χ4v) is 4.09. The highest BCUT2D eigenvalue weighted by Crippen LogP contribution is 2.41. The lowest BCUT2D eigenvalue weighted by atomic mass is 9.81. The van der Waals surface area contributed by atoms with Crippen LogP contribution in [0, 0.1) is 11.7 Å². The minimum Gasteiger partial charge on any atom is -0.328 e.